The van der Waals surface area contributed by atoms with Crippen LogP contribution >= 0.6 is 0 Å². The third-order valence-corrected chi connectivity index (χ3v) is 12.2. The molecule has 50 heavy (non-hydrogen) atoms. The highest BCUT2D eigenvalue weighted by Crippen LogP contribution is 2.47. The number of halogens is 4. The SMILES string of the molecule is CC[C@H]1CN(C(=O)[C@]2(F)CN([C@H]3CC[C@H](C)CC3)C[C@H]2c2ccc(OC)cc2)C[C@@H]1c1ccc(C(F)(F)F)cc1N1CCC(C(=O)NC)CC1. The molecule has 1 saturated carbocycles. The molecule has 0 aromatic heterocycles. The smallest absolute Gasteiger partial charge is 0.416 e. The van der Waals surface area contributed by atoms with E-state index in [1.54, 1.807) is 25.1 Å². The van der Waals surface area contributed by atoms with E-state index in [0.717, 1.165) is 42.9 Å². The highest BCUT2D eigenvalue weighted by molar-refractivity contribution is 5.88. The monoisotopic (exact) mass is 700 g/mol. The fraction of sp³-hybridized carbons (Fsp3) is 0.641. The Hall–Kier alpha value is -3.34. The quantitative estimate of drug-likeness (QED) is 0.300. The Balaban J connectivity index is 1.29. The number of ether oxygens (including phenoxy) is 1. The van der Waals surface area contributed by atoms with Gasteiger partial charge in [0.1, 0.15) is 5.75 Å². The zero-order valence-electron chi connectivity index (χ0n) is 29.8. The number of amides is 2. The molecule has 274 valence electrons. The fourth-order valence-electron chi connectivity index (χ4n) is 9.12. The third kappa shape index (κ3) is 7.21. The second-order valence-electron chi connectivity index (χ2n) is 15.2. The van der Waals surface area contributed by atoms with E-state index in [2.05, 4.69) is 17.1 Å². The lowest BCUT2D eigenvalue weighted by Crippen LogP contribution is -2.50. The molecular weight excluding hydrogens is 648 g/mol. The Morgan fingerprint density at radius 2 is 1.64 bits per heavy atom. The van der Waals surface area contributed by atoms with Gasteiger partial charge in [-0.15, -0.1) is 0 Å². The Labute approximate surface area is 293 Å². The summed E-state index contributed by atoms with van der Waals surface area (Å²) in [5, 5.41) is 2.69. The molecule has 4 atom stereocenters. The van der Waals surface area contributed by atoms with Crippen LogP contribution in [0.3, 0.4) is 0 Å². The molecule has 4 aliphatic rings. The Kier molecular flexibility index (Phi) is 10.7. The summed E-state index contributed by atoms with van der Waals surface area (Å²) >= 11 is 0. The summed E-state index contributed by atoms with van der Waals surface area (Å²) in [5.41, 5.74) is -0.853. The second-order valence-corrected chi connectivity index (χ2v) is 15.2. The molecule has 3 saturated heterocycles. The first-order valence-electron chi connectivity index (χ1n) is 18.4. The number of alkyl halides is 4. The van der Waals surface area contributed by atoms with Gasteiger partial charge in [-0.1, -0.05) is 38.5 Å². The van der Waals surface area contributed by atoms with Crippen molar-refractivity contribution in [3.8, 4) is 5.75 Å². The van der Waals surface area contributed by atoms with Crippen molar-refractivity contribution in [2.75, 3.05) is 58.3 Å². The Morgan fingerprint density at radius 1 is 0.960 bits per heavy atom. The molecule has 2 amide bonds. The van der Waals surface area contributed by atoms with Gasteiger partial charge in [0, 0.05) is 75.8 Å². The minimum Gasteiger partial charge on any atom is -0.497 e. The van der Waals surface area contributed by atoms with E-state index in [-0.39, 0.29) is 42.8 Å². The van der Waals surface area contributed by atoms with Crippen molar-refractivity contribution in [3.63, 3.8) is 0 Å². The van der Waals surface area contributed by atoms with Crippen molar-refractivity contribution >= 4 is 17.5 Å². The number of anilines is 1. The van der Waals surface area contributed by atoms with Gasteiger partial charge in [0.25, 0.3) is 5.91 Å². The summed E-state index contributed by atoms with van der Waals surface area (Å²) in [5.74, 6) is -0.394. The van der Waals surface area contributed by atoms with Crippen LogP contribution in [0, 0.1) is 17.8 Å². The first kappa shape index (κ1) is 36.5. The summed E-state index contributed by atoms with van der Waals surface area (Å²) in [6.45, 7) is 6.26. The van der Waals surface area contributed by atoms with Crippen LogP contribution < -0.4 is 15.0 Å². The molecular formula is C39H52F4N4O3. The minimum absolute atomic E-state index is 0.0331. The van der Waals surface area contributed by atoms with Crippen LogP contribution in [-0.4, -0.2) is 86.8 Å². The topological polar surface area (TPSA) is 65.1 Å². The number of hydrogen-bond donors (Lipinski definition) is 1. The number of carbonyl (C=O) groups is 2. The van der Waals surface area contributed by atoms with Gasteiger partial charge in [-0.3, -0.25) is 14.5 Å². The van der Waals surface area contributed by atoms with Gasteiger partial charge in [-0.05, 0) is 85.8 Å². The third-order valence-electron chi connectivity index (χ3n) is 12.2. The lowest BCUT2D eigenvalue weighted by molar-refractivity contribution is -0.143. The van der Waals surface area contributed by atoms with Crippen molar-refractivity contribution in [3.05, 3.63) is 59.2 Å². The van der Waals surface area contributed by atoms with Crippen LogP contribution in [0.15, 0.2) is 42.5 Å². The molecule has 0 radical (unpaired) electrons. The molecule has 3 heterocycles. The standard InChI is InChI=1S/C39H52F4N4O3/c1-5-26-21-46(22-33(26)32-15-10-29(39(41,42)43)20-35(32)45-18-16-28(17-19-45)36(48)44-3)37(49)38(40)24-47(30-11-6-25(2)7-12-30)23-34(38)27-8-13-31(50-4)14-9-27/h8-10,13-15,20,25-26,28,30,33-34H,5-7,11-12,16-19,21-24H2,1-4H3,(H,44,48)/t25-,26-,30-,33-,34-,38-/m0/s1. The van der Waals surface area contributed by atoms with Gasteiger partial charge >= 0.3 is 6.18 Å². The molecule has 3 aliphatic heterocycles. The molecule has 7 nitrogen and oxygen atoms in total. The predicted octanol–water partition coefficient (Wildman–Crippen LogP) is 7.01. The molecule has 0 bridgehead atoms. The first-order valence-corrected chi connectivity index (χ1v) is 18.4. The maximum Gasteiger partial charge on any atom is 0.416 e. The number of methoxy groups -OCH3 is 1. The predicted molar refractivity (Wildman–Crippen MR) is 186 cm³/mol. The number of nitrogens with zero attached hydrogens (tertiary/aromatic N) is 3. The number of hydrogen-bond acceptors (Lipinski definition) is 5. The number of carbonyl (C=O) groups excluding carboxylic acids is 2. The maximum absolute atomic E-state index is 17.8. The van der Waals surface area contributed by atoms with Gasteiger partial charge in [-0.25, -0.2) is 4.39 Å². The van der Waals surface area contributed by atoms with Gasteiger partial charge < -0.3 is 19.9 Å². The summed E-state index contributed by atoms with van der Waals surface area (Å²) in [6, 6.07) is 11.5. The fourth-order valence-corrected chi connectivity index (χ4v) is 9.12. The van der Waals surface area contributed by atoms with Crippen molar-refractivity contribution in [2.24, 2.45) is 17.8 Å². The van der Waals surface area contributed by atoms with Crippen LogP contribution in [0.4, 0.5) is 23.2 Å². The molecule has 2 aromatic rings. The molecule has 2 aromatic carbocycles. The second kappa shape index (κ2) is 14.7. The first-order chi connectivity index (χ1) is 23.9. The van der Waals surface area contributed by atoms with Crippen molar-refractivity contribution in [1.82, 2.24) is 15.1 Å². The Morgan fingerprint density at radius 3 is 2.24 bits per heavy atom. The molecule has 0 spiro atoms. The van der Waals surface area contributed by atoms with Crippen LogP contribution in [-0.2, 0) is 15.8 Å². The average molecular weight is 701 g/mol. The summed E-state index contributed by atoms with van der Waals surface area (Å²) < 4.78 is 65.2. The summed E-state index contributed by atoms with van der Waals surface area (Å²) in [7, 11) is 3.18. The molecule has 1 aliphatic carbocycles. The highest BCUT2D eigenvalue weighted by atomic mass is 19.4. The zero-order valence-corrected chi connectivity index (χ0v) is 29.8. The number of piperidine rings is 1. The van der Waals surface area contributed by atoms with Gasteiger partial charge in [-0.2, -0.15) is 13.2 Å². The molecule has 4 fully saturated rings. The van der Waals surface area contributed by atoms with Gasteiger partial charge in [0.2, 0.25) is 11.6 Å². The van der Waals surface area contributed by atoms with Gasteiger partial charge in [0.15, 0.2) is 0 Å². The molecule has 11 heteroatoms. The van der Waals surface area contributed by atoms with Crippen LogP contribution in [0.25, 0.3) is 0 Å². The highest BCUT2D eigenvalue weighted by Gasteiger charge is 2.57. The normalized spacial score (nSPS) is 29.7. The van der Waals surface area contributed by atoms with E-state index in [1.165, 1.54) is 6.07 Å². The van der Waals surface area contributed by atoms with Crippen molar-refractivity contribution in [1.29, 1.82) is 0 Å². The van der Waals surface area contributed by atoms with E-state index >= 15 is 4.39 Å². The number of benzene rings is 2. The van der Waals surface area contributed by atoms with Crippen molar-refractivity contribution in [2.45, 2.75) is 88.5 Å². The average Bonchev–Trinajstić information content (AvgIpc) is 3.72. The largest absolute Gasteiger partial charge is 0.497 e. The van der Waals surface area contributed by atoms with Gasteiger partial charge in [0.05, 0.1) is 12.7 Å². The van der Waals surface area contributed by atoms with E-state index in [4.69, 9.17) is 4.74 Å². The van der Waals surface area contributed by atoms with E-state index in [9.17, 15) is 22.8 Å². The Bertz CT molecular complexity index is 1500. The van der Waals surface area contributed by atoms with E-state index in [0.29, 0.717) is 62.8 Å². The maximum atomic E-state index is 17.8. The molecule has 1 N–H and O–H groups in total. The van der Waals surface area contributed by atoms with E-state index in [1.807, 2.05) is 36.1 Å². The van der Waals surface area contributed by atoms with Crippen molar-refractivity contribution < 1.29 is 31.9 Å². The lowest BCUT2D eigenvalue weighted by atomic mass is 9.84. The lowest BCUT2D eigenvalue weighted by Gasteiger charge is -2.36. The van der Waals surface area contributed by atoms with Crippen LogP contribution in [0.5, 0.6) is 5.75 Å². The minimum atomic E-state index is -4.52. The van der Waals surface area contributed by atoms with E-state index < -0.39 is 29.2 Å². The number of likely N-dealkylation sites (tertiary alicyclic amines) is 2. The zero-order chi connectivity index (χ0) is 35.8. The molecule has 0 unspecified atom stereocenters. The number of nitrogens with one attached hydrogen (secondary N) is 1. The molecule has 6 rings (SSSR count). The summed E-state index contributed by atoms with van der Waals surface area (Å²) in [6.07, 6.45) is 1.41. The number of rotatable bonds is 8. The van der Waals surface area contributed by atoms with Crippen LogP contribution in [0.1, 0.15) is 87.3 Å². The summed E-state index contributed by atoms with van der Waals surface area (Å²) in [4.78, 5) is 32.7. The van der Waals surface area contributed by atoms with Crippen LogP contribution in [0.2, 0.25) is 0 Å².